The fourth-order valence-corrected chi connectivity index (χ4v) is 6.07. The minimum Gasteiger partial charge on any atom is -0.339 e. The van der Waals surface area contributed by atoms with Crippen molar-refractivity contribution in [3.8, 4) is 22.5 Å². The van der Waals surface area contributed by atoms with Gasteiger partial charge in [-0.3, -0.25) is 14.5 Å². The molecule has 0 saturated carbocycles. The molecule has 0 radical (unpaired) electrons. The fourth-order valence-electron chi connectivity index (χ4n) is 5.88. The van der Waals surface area contributed by atoms with Gasteiger partial charge in [-0.05, 0) is 43.2 Å². The van der Waals surface area contributed by atoms with Crippen LogP contribution in [0.1, 0.15) is 33.6 Å². The number of piperidine rings is 1. The van der Waals surface area contributed by atoms with Crippen LogP contribution in [0.2, 0.25) is 5.02 Å². The van der Waals surface area contributed by atoms with Gasteiger partial charge >= 0.3 is 0 Å². The van der Waals surface area contributed by atoms with E-state index in [9.17, 15) is 9.59 Å². The lowest BCUT2D eigenvalue weighted by molar-refractivity contribution is 0.0412. The molecule has 2 fully saturated rings. The molecule has 6 nitrogen and oxygen atoms in total. The maximum atomic E-state index is 13.8. The summed E-state index contributed by atoms with van der Waals surface area (Å²) >= 11 is 6.09. The molecule has 2 saturated heterocycles. The zero-order valence-corrected chi connectivity index (χ0v) is 23.7. The molecule has 0 N–H and O–H groups in total. The minimum atomic E-state index is 0.0448. The van der Waals surface area contributed by atoms with Crippen LogP contribution in [0.5, 0.6) is 0 Å². The number of carbonyl (C=O) groups excluding carboxylic acids is 2. The normalized spacial score (nSPS) is 16.5. The highest BCUT2D eigenvalue weighted by Gasteiger charge is 2.31. The van der Waals surface area contributed by atoms with E-state index in [1.807, 2.05) is 94.7 Å². The number of pyridine rings is 1. The monoisotopic (exact) mass is 564 g/mol. The molecule has 0 atom stereocenters. The summed E-state index contributed by atoms with van der Waals surface area (Å²) in [5.41, 5.74) is 4.89. The molecule has 7 heteroatoms. The lowest BCUT2D eigenvalue weighted by atomic mass is 10.0. The smallest absolute Gasteiger partial charge is 0.254 e. The Morgan fingerprint density at radius 3 is 1.71 bits per heavy atom. The summed E-state index contributed by atoms with van der Waals surface area (Å²) in [4.78, 5) is 38.0. The standard InChI is InChI=1S/C34H33ClN4O2/c35-29-13-7-12-27(22-29)33(40)38-16-14-30(15-17-38)37-18-20-39(21-19-37)34(41)28-23-31(25-8-3-1-4-9-25)36-32(24-28)26-10-5-2-6-11-26/h1-13,22-24,30H,14-21H2. The van der Waals surface area contributed by atoms with Crippen LogP contribution < -0.4 is 0 Å². The number of hydrogen-bond acceptors (Lipinski definition) is 4. The van der Waals surface area contributed by atoms with Crippen molar-refractivity contribution in [3.63, 3.8) is 0 Å². The number of nitrogens with zero attached hydrogens (tertiary/aromatic N) is 4. The summed E-state index contributed by atoms with van der Waals surface area (Å²) in [6.45, 7) is 4.50. The molecule has 3 heterocycles. The van der Waals surface area contributed by atoms with Crippen molar-refractivity contribution in [3.05, 3.63) is 113 Å². The van der Waals surface area contributed by atoms with E-state index in [0.29, 0.717) is 35.3 Å². The van der Waals surface area contributed by atoms with E-state index in [4.69, 9.17) is 16.6 Å². The van der Waals surface area contributed by atoms with Gasteiger partial charge in [-0.25, -0.2) is 4.98 Å². The molecule has 0 unspecified atom stereocenters. The largest absolute Gasteiger partial charge is 0.339 e. The van der Waals surface area contributed by atoms with E-state index in [0.717, 1.165) is 61.5 Å². The van der Waals surface area contributed by atoms with E-state index in [-0.39, 0.29) is 11.8 Å². The van der Waals surface area contributed by atoms with Crippen LogP contribution in [0.15, 0.2) is 97.1 Å². The number of amides is 2. The quantitative estimate of drug-likeness (QED) is 0.292. The van der Waals surface area contributed by atoms with Gasteiger partial charge in [-0.15, -0.1) is 0 Å². The Kier molecular flexibility index (Phi) is 8.12. The van der Waals surface area contributed by atoms with Gasteiger partial charge in [0.1, 0.15) is 0 Å². The molecule has 2 aliphatic heterocycles. The van der Waals surface area contributed by atoms with Crippen molar-refractivity contribution < 1.29 is 9.59 Å². The molecule has 2 aliphatic rings. The SMILES string of the molecule is O=C(c1cccc(Cl)c1)N1CCC(N2CCN(C(=O)c3cc(-c4ccccc4)nc(-c4ccccc4)c3)CC2)CC1. The van der Waals surface area contributed by atoms with E-state index in [2.05, 4.69) is 4.90 Å². The van der Waals surface area contributed by atoms with Crippen molar-refractivity contribution in [2.45, 2.75) is 18.9 Å². The highest BCUT2D eigenvalue weighted by molar-refractivity contribution is 6.30. The molecule has 1 aromatic heterocycles. The van der Waals surface area contributed by atoms with Gasteiger partial charge in [0.25, 0.3) is 11.8 Å². The summed E-state index contributed by atoms with van der Waals surface area (Å²) in [6.07, 6.45) is 1.87. The van der Waals surface area contributed by atoms with Gasteiger partial charge in [-0.2, -0.15) is 0 Å². The molecule has 0 bridgehead atoms. The summed E-state index contributed by atoms with van der Waals surface area (Å²) in [5.74, 6) is 0.0896. The van der Waals surface area contributed by atoms with Crippen molar-refractivity contribution in [1.29, 1.82) is 0 Å². The van der Waals surface area contributed by atoms with Crippen molar-refractivity contribution in [1.82, 2.24) is 19.7 Å². The molecule has 41 heavy (non-hydrogen) atoms. The van der Waals surface area contributed by atoms with Crippen LogP contribution in [0, 0.1) is 0 Å². The first-order valence-corrected chi connectivity index (χ1v) is 14.6. The van der Waals surface area contributed by atoms with Crippen molar-refractivity contribution in [2.24, 2.45) is 0 Å². The minimum absolute atomic E-state index is 0.0448. The lowest BCUT2D eigenvalue weighted by Gasteiger charge is -2.42. The molecule has 6 rings (SSSR count). The Bertz CT molecular complexity index is 1450. The maximum absolute atomic E-state index is 13.8. The number of aromatic nitrogens is 1. The summed E-state index contributed by atoms with van der Waals surface area (Å²) < 4.78 is 0. The average molecular weight is 565 g/mol. The van der Waals surface area contributed by atoms with Crippen molar-refractivity contribution >= 4 is 23.4 Å². The summed E-state index contributed by atoms with van der Waals surface area (Å²) in [7, 11) is 0. The number of halogens is 1. The number of benzene rings is 3. The van der Waals surface area contributed by atoms with E-state index in [1.54, 1.807) is 12.1 Å². The van der Waals surface area contributed by atoms with Crippen LogP contribution in [0.3, 0.4) is 0 Å². The third-order valence-corrected chi connectivity index (χ3v) is 8.39. The molecular formula is C34H33ClN4O2. The van der Waals surface area contributed by atoms with Crippen LogP contribution in [0.4, 0.5) is 0 Å². The number of hydrogen-bond donors (Lipinski definition) is 0. The van der Waals surface area contributed by atoms with Gasteiger partial charge in [0.05, 0.1) is 11.4 Å². The highest BCUT2D eigenvalue weighted by Crippen LogP contribution is 2.27. The van der Waals surface area contributed by atoms with Gasteiger partial charge in [0.15, 0.2) is 0 Å². The fraction of sp³-hybridized carbons (Fsp3) is 0.265. The van der Waals surface area contributed by atoms with E-state index < -0.39 is 0 Å². The zero-order valence-electron chi connectivity index (χ0n) is 23.0. The molecule has 2 amide bonds. The average Bonchev–Trinajstić information content (AvgIpc) is 3.05. The second-order valence-corrected chi connectivity index (χ2v) is 11.2. The zero-order chi connectivity index (χ0) is 28.2. The number of carbonyl (C=O) groups is 2. The molecule has 3 aromatic carbocycles. The first kappa shape index (κ1) is 27.2. The van der Waals surface area contributed by atoms with Gasteiger partial charge in [0.2, 0.25) is 0 Å². The van der Waals surface area contributed by atoms with Gasteiger partial charge < -0.3 is 9.80 Å². The summed E-state index contributed by atoms with van der Waals surface area (Å²) in [5, 5.41) is 0.581. The second-order valence-electron chi connectivity index (χ2n) is 10.7. The predicted molar refractivity (Wildman–Crippen MR) is 163 cm³/mol. The van der Waals surface area contributed by atoms with E-state index >= 15 is 0 Å². The summed E-state index contributed by atoms with van der Waals surface area (Å²) in [6, 6.07) is 31.5. The molecule has 0 aliphatic carbocycles. The van der Waals surface area contributed by atoms with Crippen LogP contribution in [-0.4, -0.2) is 76.8 Å². The highest BCUT2D eigenvalue weighted by atomic mass is 35.5. The number of likely N-dealkylation sites (tertiary alicyclic amines) is 1. The van der Waals surface area contributed by atoms with Crippen LogP contribution in [0.25, 0.3) is 22.5 Å². The topological polar surface area (TPSA) is 56.8 Å². The van der Waals surface area contributed by atoms with Crippen LogP contribution in [-0.2, 0) is 0 Å². The number of rotatable bonds is 5. The maximum Gasteiger partial charge on any atom is 0.254 e. The molecule has 4 aromatic rings. The number of piperazine rings is 1. The Morgan fingerprint density at radius 1 is 0.610 bits per heavy atom. The van der Waals surface area contributed by atoms with Gasteiger partial charge in [0, 0.05) is 72.6 Å². The predicted octanol–water partition coefficient (Wildman–Crippen LogP) is 6.13. The first-order chi connectivity index (χ1) is 20.0. The Hall–Kier alpha value is -4.00. The Balaban J connectivity index is 1.10. The Labute approximate surface area is 246 Å². The van der Waals surface area contributed by atoms with Gasteiger partial charge in [-0.1, -0.05) is 78.3 Å². The third-order valence-electron chi connectivity index (χ3n) is 8.15. The molecule has 0 spiro atoms. The molecule has 208 valence electrons. The second kappa shape index (κ2) is 12.2. The van der Waals surface area contributed by atoms with Crippen LogP contribution >= 0.6 is 11.6 Å². The van der Waals surface area contributed by atoms with Crippen molar-refractivity contribution in [2.75, 3.05) is 39.3 Å². The third kappa shape index (κ3) is 6.19. The Morgan fingerprint density at radius 2 is 1.15 bits per heavy atom. The lowest BCUT2D eigenvalue weighted by Crippen LogP contribution is -2.54. The van der Waals surface area contributed by atoms with E-state index in [1.165, 1.54) is 0 Å². The molecular weight excluding hydrogens is 532 g/mol. The first-order valence-electron chi connectivity index (χ1n) is 14.3.